The molecule has 122 valence electrons. The van der Waals surface area contributed by atoms with Crippen molar-refractivity contribution in [2.24, 2.45) is 0 Å². The molecule has 22 heavy (non-hydrogen) atoms. The average molecular weight is 321 g/mol. The van der Waals surface area contributed by atoms with Gasteiger partial charge in [0, 0.05) is 24.5 Å². The van der Waals surface area contributed by atoms with Gasteiger partial charge in [0.05, 0.1) is 6.54 Å². The Balaban J connectivity index is 1.85. The van der Waals surface area contributed by atoms with Crippen molar-refractivity contribution in [1.82, 2.24) is 15.1 Å². The number of nitrogens with zero attached hydrogens (tertiary/aromatic N) is 2. The molecule has 1 heterocycles. The van der Waals surface area contributed by atoms with E-state index in [9.17, 15) is 4.79 Å². The minimum absolute atomic E-state index is 0.190. The highest BCUT2D eigenvalue weighted by Gasteiger charge is 2.21. The van der Waals surface area contributed by atoms with Crippen LogP contribution >= 0.6 is 11.8 Å². The van der Waals surface area contributed by atoms with Gasteiger partial charge in [-0.3, -0.25) is 9.69 Å². The van der Waals surface area contributed by atoms with Crippen LogP contribution in [0.15, 0.2) is 29.2 Å². The van der Waals surface area contributed by atoms with Crippen LogP contribution in [-0.2, 0) is 11.3 Å². The largest absolute Gasteiger partial charge is 0.340 e. The molecule has 4 nitrogen and oxygen atoms in total. The fourth-order valence-corrected chi connectivity index (χ4v) is 3.33. The van der Waals surface area contributed by atoms with E-state index in [1.165, 1.54) is 10.5 Å². The molecule has 1 aromatic rings. The molecule has 0 spiro atoms. The number of rotatable bonds is 6. The highest BCUT2D eigenvalue weighted by Crippen LogP contribution is 2.17. The van der Waals surface area contributed by atoms with E-state index in [-0.39, 0.29) is 5.91 Å². The van der Waals surface area contributed by atoms with Gasteiger partial charge < -0.3 is 10.2 Å². The van der Waals surface area contributed by atoms with Gasteiger partial charge in [0.2, 0.25) is 5.91 Å². The van der Waals surface area contributed by atoms with Gasteiger partial charge in [0.1, 0.15) is 0 Å². The standard InChI is InChI=1S/C17H27N3OS/c1-19(15-7-9-18-10-8-15)13-17(21)20(2)12-14-5-4-6-16(11-14)22-3/h4-6,11,15,18H,7-10,12-13H2,1-3H3. The van der Waals surface area contributed by atoms with Crippen molar-refractivity contribution in [1.29, 1.82) is 0 Å². The van der Waals surface area contributed by atoms with Gasteiger partial charge in [0.25, 0.3) is 0 Å². The molecule has 1 aliphatic heterocycles. The SMILES string of the molecule is CSc1cccc(CN(C)C(=O)CN(C)C2CCNCC2)c1. The summed E-state index contributed by atoms with van der Waals surface area (Å²) in [6.45, 7) is 3.29. The van der Waals surface area contributed by atoms with Crippen molar-refractivity contribution < 1.29 is 4.79 Å². The minimum Gasteiger partial charge on any atom is -0.340 e. The lowest BCUT2D eigenvalue weighted by Gasteiger charge is -2.32. The molecule has 1 aromatic carbocycles. The number of amides is 1. The summed E-state index contributed by atoms with van der Waals surface area (Å²) in [6.07, 6.45) is 4.33. The first kappa shape index (κ1) is 17.3. The summed E-state index contributed by atoms with van der Waals surface area (Å²) in [7, 11) is 3.96. The number of likely N-dealkylation sites (N-methyl/N-ethyl adjacent to an activating group) is 2. The Bertz CT molecular complexity index is 489. The molecular weight excluding hydrogens is 294 g/mol. The van der Waals surface area contributed by atoms with Crippen LogP contribution in [0.4, 0.5) is 0 Å². The van der Waals surface area contributed by atoms with Crippen LogP contribution < -0.4 is 5.32 Å². The highest BCUT2D eigenvalue weighted by molar-refractivity contribution is 7.98. The minimum atomic E-state index is 0.190. The number of hydrogen-bond donors (Lipinski definition) is 1. The normalized spacial score (nSPS) is 16.0. The first-order valence-electron chi connectivity index (χ1n) is 7.88. The third-order valence-electron chi connectivity index (χ3n) is 4.30. The van der Waals surface area contributed by atoms with Crippen molar-refractivity contribution in [3.05, 3.63) is 29.8 Å². The molecule has 1 amide bonds. The molecule has 0 radical (unpaired) electrons. The van der Waals surface area contributed by atoms with Crippen molar-refractivity contribution in [2.45, 2.75) is 30.3 Å². The van der Waals surface area contributed by atoms with E-state index in [1.807, 2.05) is 11.9 Å². The number of carbonyl (C=O) groups is 1. The summed E-state index contributed by atoms with van der Waals surface area (Å²) in [6, 6.07) is 8.92. The topological polar surface area (TPSA) is 35.6 Å². The van der Waals surface area contributed by atoms with Crippen LogP contribution in [0.1, 0.15) is 18.4 Å². The lowest BCUT2D eigenvalue weighted by Crippen LogP contribution is -2.45. The van der Waals surface area contributed by atoms with Gasteiger partial charge >= 0.3 is 0 Å². The summed E-state index contributed by atoms with van der Waals surface area (Å²) in [5.74, 6) is 0.190. The second-order valence-electron chi connectivity index (χ2n) is 6.00. The van der Waals surface area contributed by atoms with E-state index < -0.39 is 0 Å². The van der Waals surface area contributed by atoms with E-state index in [0.717, 1.165) is 25.9 Å². The lowest BCUT2D eigenvalue weighted by molar-refractivity contribution is -0.132. The molecule has 0 saturated carbocycles. The monoisotopic (exact) mass is 321 g/mol. The smallest absolute Gasteiger partial charge is 0.236 e. The molecule has 0 atom stereocenters. The molecule has 1 fully saturated rings. The maximum Gasteiger partial charge on any atom is 0.236 e. The Labute approximate surface area is 138 Å². The van der Waals surface area contributed by atoms with E-state index in [1.54, 1.807) is 11.8 Å². The lowest BCUT2D eigenvalue weighted by atomic mass is 10.1. The van der Waals surface area contributed by atoms with E-state index >= 15 is 0 Å². The molecule has 1 N–H and O–H groups in total. The van der Waals surface area contributed by atoms with Gasteiger partial charge in [-0.05, 0) is 56.9 Å². The van der Waals surface area contributed by atoms with Gasteiger partial charge in [0.15, 0.2) is 0 Å². The summed E-state index contributed by atoms with van der Waals surface area (Å²) >= 11 is 1.73. The van der Waals surface area contributed by atoms with Crippen molar-refractivity contribution in [3.63, 3.8) is 0 Å². The van der Waals surface area contributed by atoms with Crippen LogP contribution in [0.5, 0.6) is 0 Å². The predicted octanol–water partition coefficient (Wildman–Crippen LogP) is 2.05. The van der Waals surface area contributed by atoms with E-state index in [2.05, 4.69) is 47.8 Å². The summed E-state index contributed by atoms with van der Waals surface area (Å²) in [4.78, 5) is 17.7. The fraction of sp³-hybridized carbons (Fsp3) is 0.588. The molecule has 0 aliphatic carbocycles. The second-order valence-corrected chi connectivity index (χ2v) is 6.88. The third-order valence-corrected chi connectivity index (χ3v) is 5.02. The number of carbonyl (C=O) groups excluding carboxylic acids is 1. The van der Waals surface area contributed by atoms with Crippen LogP contribution in [0.25, 0.3) is 0 Å². The summed E-state index contributed by atoms with van der Waals surface area (Å²) in [5.41, 5.74) is 1.19. The van der Waals surface area contributed by atoms with Crippen molar-refractivity contribution >= 4 is 17.7 Å². The Morgan fingerprint density at radius 1 is 1.32 bits per heavy atom. The number of hydrogen-bond acceptors (Lipinski definition) is 4. The Hall–Kier alpha value is -1.04. The van der Waals surface area contributed by atoms with Crippen LogP contribution in [-0.4, -0.2) is 61.7 Å². The summed E-state index contributed by atoms with van der Waals surface area (Å²) < 4.78 is 0. The predicted molar refractivity (Wildman–Crippen MR) is 93.2 cm³/mol. The Morgan fingerprint density at radius 2 is 2.05 bits per heavy atom. The van der Waals surface area contributed by atoms with Crippen LogP contribution in [0, 0.1) is 0 Å². The van der Waals surface area contributed by atoms with Crippen LogP contribution in [0.3, 0.4) is 0 Å². The molecular formula is C17H27N3OS. The van der Waals surface area contributed by atoms with Gasteiger partial charge in [-0.2, -0.15) is 0 Å². The van der Waals surface area contributed by atoms with E-state index in [4.69, 9.17) is 0 Å². The average Bonchev–Trinajstić information content (AvgIpc) is 2.55. The van der Waals surface area contributed by atoms with E-state index in [0.29, 0.717) is 19.1 Å². The number of benzene rings is 1. The summed E-state index contributed by atoms with van der Waals surface area (Å²) in [5, 5.41) is 3.37. The van der Waals surface area contributed by atoms with Crippen molar-refractivity contribution in [2.75, 3.05) is 40.0 Å². The maximum atomic E-state index is 12.4. The quantitative estimate of drug-likeness (QED) is 0.814. The van der Waals surface area contributed by atoms with Gasteiger partial charge in [-0.15, -0.1) is 11.8 Å². The molecule has 0 aromatic heterocycles. The molecule has 0 unspecified atom stereocenters. The zero-order valence-electron chi connectivity index (χ0n) is 13.8. The van der Waals surface area contributed by atoms with Gasteiger partial charge in [-0.1, -0.05) is 12.1 Å². The number of nitrogens with one attached hydrogen (secondary N) is 1. The Kier molecular flexibility index (Phi) is 6.73. The maximum absolute atomic E-state index is 12.4. The molecule has 1 aliphatic rings. The molecule has 1 saturated heterocycles. The van der Waals surface area contributed by atoms with Gasteiger partial charge in [-0.25, -0.2) is 0 Å². The van der Waals surface area contributed by atoms with Crippen LogP contribution in [0.2, 0.25) is 0 Å². The zero-order valence-corrected chi connectivity index (χ0v) is 14.7. The fourth-order valence-electron chi connectivity index (χ4n) is 2.84. The highest BCUT2D eigenvalue weighted by atomic mass is 32.2. The number of piperidine rings is 1. The first-order chi connectivity index (χ1) is 10.6. The zero-order chi connectivity index (χ0) is 15.9. The molecule has 5 heteroatoms. The third kappa shape index (κ3) is 5.00. The molecule has 2 rings (SSSR count). The first-order valence-corrected chi connectivity index (χ1v) is 9.10. The molecule has 0 bridgehead atoms. The Morgan fingerprint density at radius 3 is 2.73 bits per heavy atom. The number of thioether (sulfide) groups is 1. The van der Waals surface area contributed by atoms with Crippen molar-refractivity contribution in [3.8, 4) is 0 Å². The second kappa shape index (κ2) is 8.56.